The number of nitrogens with zero attached hydrogens (tertiary/aromatic N) is 6. The van der Waals surface area contributed by atoms with Crippen LogP contribution in [0.1, 0.15) is 5.56 Å². The lowest BCUT2D eigenvalue weighted by molar-refractivity contribution is 1.16. The minimum atomic E-state index is 0.355. The fourth-order valence-electron chi connectivity index (χ4n) is 9.14. The Morgan fingerprint density at radius 1 is 0.508 bits per heavy atom. The molecule has 61 heavy (non-hydrogen) atoms. The van der Waals surface area contributed by atoms with E-state index in [2.05, 4.69) is 147 Å². The van der Waals surface area contributed by atoms with Crippen LogP contribution < -0.4 is 0 Å². The standard InChI is InChI=1S/C54H30N6S/c1-56-43-31-34(52-42(32-55)51(33-14-4-2-5-15-33)57-54(58-52)35-25-29-49-41(30-35)38-19-10-13-23-48(38)61-49)24-27-46(43)60-44-21-11-8-18-37(44)39-26-28-47-50(53(39)60)40-20-9-12-22-45(40)59(47)36-16-6-3-7-17-36/h2-31H. The van der Waals surface area contributed by atoms with Crippen LogP contribution in [0, 0.1) is 17.9 Å². The lowest BCUT2D eigenvalue weighted by Crippen LogP contribution is -2.01. The second-order valence-corrected chi connectivity index (χ2v) is 16.2. The van der Waals surface area contributed by atoms with E-state index in [1.165, 1.54) is 14.8 Å². The minimum absolute atomic E-state index is 0.355. The van der Waals surface area contributed by atoms with Crippen molar-refractivity contribution in [3.05, 3.63) is 199 Å². The van der Waals surface area contributed by atoms with Crippen LogP contribution in [0.4, 0.5) is 5.69 Å². The van der Waals surface area contributed by atoms with Crippen molar-refractivity contribution in [2.75, 3.05) is 0 Å². The Hall–Kier alpha value is -8.36. The van der Waals surface area contributed by atoms with Crippen LogP contribution in [0.15, 0.2) is 182 Å². The summed E-state index contributed by atoms with van der Waals surface area (Å²) in [7, 11) is 0. The predicted molar refractivity (Wildman–Crippen MR) is 251 cm³/mol. The van der Waals surface area contributed by atoms with Gasteiger partial charge in [-0.05, 0) is 72.3 Å². The Balaban J connectivity index is 1.11. The summed E-state index contributed by atoms with van der Waals surface area (Å²) in [6, 6.07) is 64.8. The molecule has 0 radical (unpaired) electrons. The molecule has 0 saturated carbocycles. The lowest BCUT2D eigenvalue weighted by atomic mass is 9.99. The first-order chi connectivity index (χ1) is 30.2. The fraction of sp³-hybridized carbons (Fsp3) is 0. The molecule has 4 heterocycles. The lowest BCUT2D eigenvalue weighted by Gasteiger charge is -2.15. The molecule has 12 rings (SSSR count). The number of thiophene rings is 1. The maximum absolute atomic E-state index is 10.9. The summed E-state index contributed by atoms with van der Waals surface area (Å²) in [5.74, 6) is 0.512. The van der Waals surface area contributed by atoms with Gasteiger partial charge in [0.1, 0.15) is 11.6 Å². The van der Waals surface area contributed by atoms with Gasteiger partial charge in [0.05, 0.1) is 45.7 Å². The molecule has 0 aliphatic carbocycles. The Morgan fingerprint density at radius 2 is 1.15 bits per heavy atom. The Labute approximate surface area is 353 Å². The van der Waals surface area contributed by atoms with E-state index in [9.17, 15) is 5.26 Å². The summed E-state index contributed by atoms with van der Waals surface area (Å²) < 4.78 is 6.98. The molecule has 0 amide bonds. The summed E-state index contributed by atoms with van der Waals surface area (Å²) in [6.07, 6.45) is 0. The average molecular weight is 795 g/mol. The molecular formula is C54H30N6S. The van der Waals surface area contributed by atoms with Gasteiger partial charge in [-0.1, -0.05) is 115 Å². The van der Waals surface area contributed by atoms with Crippen LogP contribution in [0.25, 0.3) is 114 Å². The quantitative estimate of drug-likeness (QED) is 0.163. The van der Waals surface area contributed by atoms with Crippen LogP contribution >= 0.6 is 11.3 Å². The van der Waals surface area contributed by atoms with Crippen molar-refractivity contribution < 1.29 is 0 Å². The number of hydrogen-bond donors (Lipinski definition) is 0. The molecule has 0 bridgehead atoms. The normalized spacial score (nSPS) is 11.6. The average Bonchev–Trinajstić information content (AvgIpc) is 3.99. The van der Waals surface area contributed by atoms with Crippen molar-refractivity contribution >= 4 is 80.8 Å². The van der Waals surface area contributed by atoms with Crippen molar-refractivity contribution in [3.63, 3.8) is 0 Å². The fourth-order valence-corrected chi connectivity index (χ4v) is 10.2. The second-order valence-electron chi connectivity index (χ2n) is 15.1. The van der Waals surface area contributed by atoms with E-state index in [4.69, 9.17) is 16.5 Å². The van der Waals surface area contributed by atoms with Crippen LogP contribution in [0.2, 0.25) is 0 Å². The van der Waals surface area contributed by atoms with E-state index < -0.39 is 0 Å². The van der Waals surface area contributed by atoms with Crippen molar-refractivity contribution in [2.24, 2.45) is 0 Å². The summed E-state index contributed by atoms with van der Waals surface area (Å²) >= 11 is 1.76. The highest BCUT2D eigenvalue weighted by Gasteiger charge is 2.24. The van der Waals surface area contributed by atoms with Crippen molar-refractivity contribution in [1.29, 1.82) is 5.26 Å². The molecule has 0 aliphatic rings. The van der Waals surface area contributed by atoms with Crippen LogP contribution in [0.3, 0.4) is 0 Å². The number of aromatic nitrogens is 4. The number of fused-ring (bicyclic) bond motifs is 10. The molecule has 0 atom stereocenters. The van der Waals surface area contributed by atoms with Gasteiger partial charge in [0, 0.05) is 58.5 Å². The summed E-state index contributed by atoms with van der Waals surface area (Å²) in [4.78, 5) is 14.5. The molecule has 0 aliphatic heterocycles. The highest BCUT2D eigenvalue weighted by molar-refractivity contribution is 7.25. The first-order valence-electron chi connectivity index (χ1n) is 20.0. The number of rotatable bonds is 5. The van der Waals surface area contributed by atoms with Gasteiger partial charge in [0.2, 0.25) is 5.69 Å². The largest absolute Gasteiger partial charge is 0.318 e. The highest BCUT2D eigenvalue weighted by Crippen LogP contribution is 2.45. The second kappa shape index (κ2) is 13.6. The van der Waals surface area contributed by atoms with Crippen molar-refractivity contribution in [1.82, 2.24) is 19.1 Å². The highest BCUT2D eigenvalue weighted by atomic mass is 32.1. The van der Waals surface area contributed by atoms with E-state index in [1.54, 1.807) is 11.3 Å². The number of benzene rings is 8. The zero-order valence-electron chi connectivity index (χ0n) is 32.4. The van der Waals surface area contributed by atoms with Gasteiger partial charge in [-0.3, -0.25) is 0 Å². The zero-order chi connectivity index (χ0) is 40.6. The van der Waals surface area contributed by atoms with Gasteiger partial charge in [-0.2, -0.15) is 5.26 Å². The van der Waals surface area contributed by atoms with E-state index >= 15 is 0 Å². The van der Waals surface area contributed by atoms with Gasteiger partial charge >= 0.3 is 0 Å². The summed E-state index contributed by atoms with van der Waals surface area (Å²) in [5.41, 5.74) is 10.2. The van der Waals surface area contributed by atoms with E-state index in [-0.39, 0.29) is 0 Å². The molecule has 0 N–H and O–H groups in total. The predicted octanol–water partition coefficient (Wildman–Crippen LogP) is 14.5. The van der Waals surface area contributed by atoms with Crippen molar-refractivity contribution in [3.8, 4) is 51.3 Å². The molecule has 6 nitrogen and oxygen atoms in total. The van der Waals surface area contributed by atoms with Crippen LogP contribution in [-0.4, -0.2) is 19.1 Å². The van der Waals surface area contributed by atoms with Gasteiger partial charge in [-0.25, -0.2) is 14.8 Å². The maximum Gasteiger partial charge on any atom is 0.211 e. The first kappa shape index (κ1) is 34.7. The zero-order valence-corrected chi connectivity index (χ0v) is 33.2. The minimum Gasteiger partial charge on any atom is -0.318 e. The van der Waals surface area contributed by atoms with E-state index in [1.807, 2.05) is 54.6 Å². The molecule has 0 saturated heterocycles. The van der Waals surface area contributed by atoms with Crippen molar-refractivity contribution in [2.45, 2.75) is 0 Å². The SMILES string of the molecule is [C-]#[N+]c1cc(-c2nc(-c3ccc4sc5ccccc5c4c3)nc(-c3ccccc3)c2C#N)ccc1-n1c2ccccc2c2ccc3c(c4ccccc4n3-c3ccccc3)c21. The Bertz CT molecular complexity index is 3840. The van der Waals surface area contributed by atoms with Crippen LogP contribution in [0.5, 0.6) is 0 Å². The molecule has 0 unspecified atom stereocenters. The van der Waals surface area contributed by atoms with Gasteiger partial charge < -0.3 is 9.13 Å². The number of hydrogen-bond acceptors (Lipinski definition) is 4. The number of para-hydroxylation sites is 3. The third-order valence-corrected chi connectivity index (χ3v) is 12.9. The van der Waals surface area contributed by atoms with Crippen LogP contribution in [-0.2, 0) is 0 Å². The molecule has 12 aromatic rings. The topological polar surface area (TPSA) is 63.8 Å². The van der Waals surface area contributed by atoms with Gasteiger partial charge in [-0.15, -0.1) is 11.3 Å². The molecule has 4 aromatic heterocycles. The van der Waals surface area contributed by atoms with E-state index in [0.717, 1.165) is 71.5 Å². The molecular weight excluding hydrogens is 765 g/mol. The molecule has 0 fully saturated rings. The smallest absolute Gasteiger partial charge is 0.211 e. The number of nitriles is 1. The Kier molecular flexibility index (Phi) is 7.73. The third-order valence-electron chi connectivity index (χ3n) is 11.8. The first-order valence-corrected chi connectivity index (χ1v) is 20.8. The monoisotopic (exact) mass is 794 g/mol. The molecule has 7 heteroatoms. The molecule has 8 aromatic carbocycles. The van der Waals surface area contributed by atoms with Gasteiger partial charge in [0.15, 0.2) is 5.82 Å². The molecule has 0 spiro atoms. The summed E-state index contributed by atoms with van der Waals surface area (Å²) in [6.45, 7) is 8.66. The Morgan fingerprint density at radius 3 is 1.92 bits per heavy atom. The van der Waals surface area contributed by atoms with Gasteiger partial charge in [0.25, 0.3) is 0 Å². The van der Waals surface area contributed by atoms with E-state index in [0.29, 0.717) is 34.0 Å². The molecule has 282 valence electrons. The maximum atomic E-state index is 10.9. The third kappa shape index (κ3) is 5.25. The summed E-state index contributed by atoms with van der Waals surface area (Å²) in [5, 5.41) is 17.6.